The lowest BCUT2D eigenvalue weighted by Gasteiger charge is -2.27. The maximum absolute atomic E-state index is 12.6. The smallest absolute Gasteiger partial charge is 0.231 e. The second-order valence-corrected chi connectivity index (χ2v) is 8.46. The average Bonchev–Trinajstić information content (AvgIpc) is 3.42. The van der Waals surface area contributed by atoms with Crippen LogP contribution in [0.3, 0.4) is 0 Å². The Kier molecular flexibility index (Phi) is 5.85. The number of nitrogens with zero attached hydrogens (tertiary/aromatic N) is 5. The molecule has 1 saturated heterocycles. The number of hydrogen-bond acceptors (Lipinski definition) is 7. The number of carbonyl (C=O) groups is 1. The average molecular weight is 449 g/mol. The Bertz CT molecular complexity index is 1170. The van der Waals surface area contributed by atoms with Crippen molar-refractivity contribution < 1.29 is 14.3 Å². The van der Waals surface area contributed by atoms with E-state index < -0.39 is 0 Å². The molecular weight excluding hydrogens is 420 g/mol. The lowest BCUT2D eigenvalue weighted by atomic mass is 10.1. The first-order chi connectivity index (χ1) is 16.1. The number of aryl methyl sites for hydroxylation is 1. The van der Waals surface area contributed by atoms with Crippen LogP contribution in [0, 0.1) is 13.8 Å². The van der Waals surface area contributed by atoms with Gasteiger partial charge in [-0.05, 0) is 57.2 Å². The summed E-state index contributed by atoms with van der Waals surface area (Å²) in [5, 5.41) is 7.65. The first-order valence-electron chi connectivity index (χ1n) is 11.4. The van der Waals surface area contributed by atoms with Gasteiger partial charge in [-0.1, -0.05) is 0 Å². The topological polar surface area (TPSA) is 94.4 Å². The molecule has 33 heavy (non-hydrogen) atoms. The zero-order valence-corrected chi connectivity index (χ0v) is 19.0. The zero-order chi connectivity index (χ0) is 22.8. The molecule has 0 saturated carbocycles. The summed E-state index contributed by atoms with van der Waals surface area (Å²) in [5.41, 5.74) is 3.65. The van der Waals surface area contributed by atoms with Gasteiger partial charge in [-0.3, -0.25) is 4.79 Å². The maximum Gasteiger partial charge on any atom is 0.231 e. The number of benzene rings is 1. The second kappa shape index (κ2) is 9.09. The second-order valence-electron chi connectivity index (χ2n) is 8.46. The van der Waals surface area contributed by atoms with Gasteiger partial charge in [-0.2, -0.15) is 5.10 Å². The van der Waals surface area contributed by atoms with E-state index in [4.69, 9.17) is 14.6 Å². The Morgan fingerprint density at radius 1 is 1.03 bits per heavy atom. The highest BCUT2D eigenvalue weighted by molar-refractivity contribution is 5.91. The fourth-order valence-electron chi connectivity index (χ4n) is 4.45. The minimum Gasteiger partial charge on any atom is -0.454 e. The number of anilines is 2. The maximum atomic E-state index is 12.6. The quantitative estimate of drug-likeness (QED) is 0.616. The molecule has 0 unspecified atom stereocenters. The van der Waals surface area contributed by atoms with Crippen molar-refractivity contribution in [2.24, 2.45) is 0 Å². The van der Waals surface area contributed by atoms with Crippen molar-refractivity contribution in [3.05, 3.63) is 47.5 Å². The normalized spacial score (nSPS) is 15.0. The summed E-state index contributed by atoms with van der Waals surface area (Å²) in [5.74, 6) is 2.98. The lowest BCUT2D eigenvalue weighted by molar-refractivity contribution is -0.116. The molecule has 0 atom stereocenters. The van der Waals surface area contributed by atoms with E-state index in [2.05, 4.69) is 20.2 Å². The van der Waals surface area contributed by atoms with Crippen LogP contribution in [-0.2, 0) is 11.2 Å². The molecule has 172 valence electrons. The van der Waals surface area contributed by atoms with Crippen LogP contribution >= 0.6 is 0 Å². The molecule has 0 bridgehead atoms. The third-order valence-corrected chi connectivity index (χ3v) is 6.23. The Balaban J connectivity index is 1.27. The van der Waals surface area contributed by atoms with Gasteiger partial charge in [0.25, 0.3) is 0 Å². The van der Waals surface area contributed by atoms with Gasteiger partial charge in [-0.15, -0.1) is 0 Å². The van der Waals surface area contributed by atoms with Gasteiger partial charge in [0.2, 0.25) is 12.7 Å². The van der Waals surface area contributed by atoms with Crippen molar-refractivity contribution in [3.63, 3.8) is 0 Å². The van der Waals surface area contributed by atoms with Gasteiger partial charge in [0.15, 0.2) is 17.3 Å². The summed E-state index contributed by atoms with van der Waals surface area (Å²) in [6.45, 7) is 6.25. The number of amides is 1. The number of fused-ring (bicyclic) bond motifs is 1. The Hall–Kier alpha value is -3.62. The predicted molar refractivity (Wildman–Crippen MR) is 124 cm³/mol. The standard InChI is InChI=1S/C24H28N6O3/c1-16-19(7-9-24(31)27-18-6-8-20-21(12-18)33-15-32-20)17(2)30(28-16)23-13-22(25-14-26-23)29-10-4-3-5-11-29/h6,8,12-14H,3-5,7,9-11,15H2,1-2H3,(H,27,31). The SMILES string of the molecule is Cc1nn(-c2cc(N3CCCCC3)ncn2)c(C)c1CCC(=O)Nc1ccc2c(c1)OCO2. The van der Waals surface area contributed by atoms with Crippen LogP contribution in [0.25, 0.3) is 5.82 Å². The molecule has 0 aliphatic carbocycles. The Morgan fingerprint density at radius 3 is 2.67 bits per heavy atom. The Morgan fingerprint density at radius 2 is 1.82 bits per heavy atom. The van der Waals surface area contributed by atoms with Crippen LogP contribution in [0.4, 0.5) is 11.5 Å². The first-order valence-corrected chi connectivity index (χ1v) is 11.4. The molecule has 9 heteroatoms. The van der Waals surface area contributed by atoms with E-state index in [9.17, 15) is 4.79 Å². The highest BCUT2D eigenvalue weighted by Gasteiger charge is 2.18. The van der Waals surface area contributed by atoms with Crippen molar-refractivity contribution in [1.82, 2.24) is 19.7 Å². The van der Waals surface area contributed by atoms with Gasteiger partial charge in [-0.25, -0.2) is 14.6 Å². The molecule has 2 aromatic heterocycles. The monoisotopic (exact) mass is 448 g/mol. The van der Waals surface area contributed by atoms with E-state index in [-0.39, 0.29) is 12.7 Å². The van der Waals surface area contributed by atoms with E-state index in [1.165, 1.54) is 19.3 Å². The van der Waals surface area contributed by atoms with Crippen molar-refractivity contribution in [2.75, 3.05) is 30.1 Å². The third-order valence-electron chi connectivity index (χ3n) is 6.23. The minimum absolute atomic E-state index is 0.0603. The largest absolute Gasteiger partial charge is 0.454 e. The number of rotatable bonds is 6. The Labute approximate surface area is 192 Å². The fraction of sp³-hybridized carbons (Fsp3) is 0.417. The van der Waals surface area contributed by atoms with E-state index in [1.807, 2.05) is 30.7 Å². The van der Waals surface area contributed by atoms with Gasteiger partial charge >= 0.3 is 0 Å². The van der Waals surface area contributed by atoms with Crippen LogP contribution in [-0.4, -0.2) is 45.5 Å². The number of ether oxygens (including phenoxy) is 2. The van der Waals surface area contributed by atoms with Gasteiger partial charge in [0, 0.05) is 43.0 Å². The van der Waals surface area contributed by atoms with E-state index in [1.54, 1.807) is 18.5 Å². The van der Waals surface area contributed by atoms with Crippen molar-refractivity contribution in [2.45, 2.75) is 46.0 Å². The summed E-state index contributed by atoms with van der Waals surface area (Å²) in [6, 6.07) is 7.40. The summed E-state index contributed by atoms with van der Waals surface area (Å²) in [6.07, 6.45) is 6.21. The van der Waals surface area contributed by atoms with Crippen LogP contribution in [0.15, 0.2) is 30.6 Å². The first kappa shape index (κ1) is 21.2. The van der Waals surface area contributed by atoms with Crippen LogP contribution in [0.1, 0.15) is 42.6 Å². The number of aromatic nitrogens is 4. The van der Waals surface area contributed by atoms with Crippen molar-refractivity contribution >= 4 is 17.4 Å². The third kappa shape index (κ3) is 4.48. The molecule has 3 aromatic rings. The lowest BCUT2D eigenvalue weighted by Crippen LogP contribution is -2.30. The van der Waals surface area contributed by atoms with Gasteiger partial charge in [0.1, 0.15) is 12.1 Å². The summed E-state index contributed by atoms with van der Waals surface area (Å²) >= 11 is 0. The molecule has 9 nitrogen and oxygen atoms in total. The molecule has 1 amide bonds. The van der Waals surface area contributed by atoms with Crippen molar-refractivity contribution in [3.8, 4) is 17.3 Å². The molecule has 4 heterocycles. The molecule has 1 aromatic carbocycles. The van der Waals surface area contributed by atoms with Crippen LogP contribution < -0.4 is 19.7 Å². The molecule has 0 radical (unpaired) electrons. The molecule has 2 aliphatic heterocycles. The van der Waals surface area contributed by atoms with Crippen LogP contribution in [0.2, 0.25) is 0 Å². The number of nitrogens with one attached hydrogen (secondary N) is 1. The van der Waals surface area contributed by atoms with Crippen LogP contribution in [0.5, 0.6) is 11.5 Å². The molecule has 0 spiro atoms. The minimum atomic E-state index is -0.0603. The highest BCUT2D eigenvalue weighted by Crippen LogP contribution is 2.34. The van der Waals surface area contributed by atoms with E-state index in [0.717, 1.165) is 41.7 Å². The van der Waals surface area contributed by atoms with E-state index >= 15 is 0 Å². The fourth-order valence-corrected chi connectivity index (χ4v) is 4.45. The van der Waals surface area contributed by atoms with E-state index in [0.29, 0.717) is 30.0 Å². The molecule has 1 fully saturated rings. The predicted octanol–water partition coefficient (Wildman–Crippen LogP) is 3.57. The molecular formula is C24H28N6O3. The summed E-state index contributed by atoms with van der Waals surface area (Å²) in [4.78, 5) is 23.8. The van der Waals surface area contributed by atoms with Gasteiger partial charge < -0.3 is 19.7 Å². The molecule has 2 aliphatic rings. The van der Waals surface area contributed by atoms with Gasteiger partial charge in [0.05, 0.1) is 5.69 Å². The highest BCUT2D eigenvalue weighted by atomic mass is 16.7. The molecule has 1 N–H and O–H groups in total. The number of piperidine rings is 1. The summed E-state index contributed by atoms with van der Waals surface area (Å²) in [7, 11) is 0. The number of carbonyl (C=O) groups excluding carboxylic acids is 1. The number of hydrogen-bond donors (Lipinski definition) is 1. The molecule has 5 rings (SSSR count). The zero-order valence-electron chi connectivity index (χ0n) is 19.0. The summed E-state index contributed by atoms with van der Waals surface area (Å²) < 4.78 is 12.5. The van der Waals surface area contributed by atoms with Crippen molar-refractivity contribution in [1.29, 1.82) is 0 Å².